The quantitative estimate of drug-likeness (QED) is 0.755. The summed E-state index contributed by atoms with van der Waals surface area (Å²) < 4.78 is 14.0. The lowest BCUT2D eigenvalue weighted by atomic mass is 10.1. The molecule has 0 aliphatic carbocycles. The third-order valence-corrected chi connectivity index (χ3v) is 4.74. The number of aromatic amines is 1. The number of primary amides is 1. The second kappa shape index (κ2) is 6.04. The minimum absolute atomic E-state index is 0.222. The summed E-state index contributed by atoms with van der Waals surface area (Å²) in [6.07, 6.45) is 0.222. The smallest absolute Gasteiger partial charge is 0.330 e. The van der Waals surface area contributed by atoms with Gasteiger partial charge in [-0.3, -0.25) is 14.6 Å². The van der Waals surface area contributed by atoms with Crippen molar-refractivity contribution in [1.82, 2.24) is 9.55 Å². The fourth-order valence-electron chi connectivity index (χ4n) is 2.67. The molecule has 3 aromatic rings. The lowest BCUT2D eigenvalue weighted by molar-refractivity contribution is -0.121. The van der Waals surface area contributed by atoms with Crippen LogP contribution in [0.4, 0.5) is 4.39 Å². The van der Waals surface area contributed by atoms with Gasteiger partial charge in [-0.15, -0.1) is 11.3 Å². The highest BCUT2D eigenvalue weighted by Crippen LogP contribution is 2.30. The molecule has 0 fully saturated rings. The first-order valence-corrected chi connectivity index (χ1v) is 8.13. The molecule has 0 aliphatic heterocycles. The van der Waals surface area contributed by atoms with Gasteiger partial charge in [-0.1, -0.05) is 19.1 Å². The molecule has 2 heterocycles. The topological polar surface area (TPSA) is 97.9 Å². The zero-order valence-electron chi connectivity index (χ0n) is 12.7. The Morgan fingerprint density at radius 1 is 1.33 bits per heavy atom. The summed E-state index contributed by atoms with van der Waals surface area (Å²) in [5.41, 5.74) is 5.27. The van der Waals surface area contributed by atoms with Gasteiger partial charge >= 0.3 is 5.69 Å². The van der Waals surface area contributed by atoms with Crippen LogP contribution in [0.15, 0.2) is 39.2 Å². The Hall–Kier alpha value is -2.74. The maximum Gasteiger partial charge on any atom is 0.330 e. The van der Waals surface area contributed by atoms with Crippen molar-refractivity contribution in [3.8, 4) is 11.1 Å². The lowest BCUT2D eigenvalue weighted by Gasteiger charge is -2.13. The highest BCUT2D eigenvalue weighted by molar-refractivity contribution is 7.17. The van der Waals surface area contributed by atoms with E-state index in [0.717, 1.165) is 4.57 Å². The number of nitrogens with one attached hydrogen (secondary N) is 1. The minimum Gasteiger partial charge on any atom is -0.368 e. The van der Waals surface area contributed by atoms with Gasteiger partial charge in [0.05, 0.1) is 5.39 Å². The van der Waals surface area contributed by atoms with Crippen molar-refractivity contribution >= 4 is 27.5 Å². The van der Waals surface area contributed by atoms with E-state index in [0.29, 0.717) is 16.0 Å². The summed E-state index contributed by atoms with van der Waals surface area (Å²) in [4.78, 5) is 39.6. The summed E-state index contributed by atoms with van der Waals surface area (Å²) in [5, 5.41) is 2.00. The number of benzene rings is 1. The van der Waals surface area contributed by atoms with E-state index in [1.165, 1.54) is 23.5 Å². The summed E-state index contributed by atoms with van der Waals surface area (Å²) in [5.74, 6) is -1.13. The number of aromatic nitrogens is 2. The van der Waals surface area contributed by atoms with Crippen molar-refractivity contribution in [3.63, 3.8) is 0 Å². The van der Waals surface area contributed by atoms with E-state index in [1.54, 1.807) is 24.4 Å². The number of fused-ring (bicyclic) bond motifs is 1. The van der Waals surface area contributed by atoms with E-state index in [9.17, 15) is 18.8 Å². The summed E-state index contributed by atoms with van der Waals surface area (Å²) in [6, 6.07) is 4.67. The molecule has 1 aromatic carbocycles. The van der Waals surface area contributed by atoms with Crippen molar-refractivity contribution in [3.05, 3.63) is 56.3 Å². The predicted octanol–water partition coefficient (Wildman–Crippen LogP) is 1.99. The SMILES string of the molecule is CCC(C(N)=O)n1c(=O)[nH]c2scc(-c3ccc(F)cc3)c2c1=O. The number of halogens is 1. The Morgan fingerprint density at radius 2 is 2.00 bits per heavy atom. The van der Waals surface area contributed by atoms with E-state index in [2.05, 4.69) is 4.98 Å². The van der Waals surface area contributed by atoms with Crippen molar-refractivity contribution in [2.45, 2.75) is 19.4 Å². The summed E-state index contributed by atoms with van der Waals surface area (Å²) in [6.45, 7) is 1.67. The molecule has 1 atom stereocenters. The number of nitrogens with two attached hydrogens (primary N) is 1. The monoisotopic (exact) mass is 347 g/mol. The Kier molecular flexibility index (Phi) is 4.06. The molecule has 0 aliphatic rings. The first-order valence-electron chi connectivity index (χ1n) is 7.25. The molecule has 0 saturated heterocycles. The normalized spacial score (nSPS) is 12.4. The molecular weight excluding hydrogens is 333 g/mol. The second-order valence-electron chi connectivity index (χ2n) is 5.29. The molecule has 24 heavy (non-hydrogen) atoms. The first kappa shape index (κ1) is 16.1. The van der Waals surface area contributed by atoms with Gasteiger partial charge in [0.2, 0.25) is 5.91 Å². The molecule has 0 radical (unpaired) electrons. The number of nitrogens with zero attached hydrogens (tertiary/aromatic N) is 1. The van der Waals surface area contributed by atoms with Crippen LogP contribution in [0.3, 0.4) is 0 Å². The number of hydrogen-bond acceptors (Lipinski definition) is 4. The van der Waals surface area contributed by atoms with Crippen LogP contribution < -0.4 is 17.0 Å². The maximum atomic E-state index is 13.1. The van der Waals surface area contributed by atoms with Crippen LogP contribution in [-0.4, -0.2) is 15.5 Å². The first-order chi connectivity index (χ1) is 11.4. The minimum atomic E-state index is -1.02. The van der Waals surface area contributed by atoms with Crippen LogP contribution in [-0.2, 0) is 4.79 Å². The van der Waals surface area contributed by atoms with Crippen LogP contribution >= 0.6 is 11.3 Å². The standard InChI is InChI=1S/C16H14FN3O3S/c1-2-11(13(18)21)20-15(22)12-10(7-24-14(12)19-16(20)23)8-3-5-9(17)6-4-8/h3-7,11H,2H2,1H3,(H2,18,21)(H,19,23). The van der Waals surface area contributed by atoms with Crippen LogP contribution in [0.1, 0.15) is 19.4 Å². The number of H-pyrrole nitrogens is 1. The number of amides is 1. The molecule has 0 spiro atoms. The van der Waals surface area contributed by atoms with Gasteiger partial charge in [0.25, 0.3) is 5.56 Å². The molecule has 1 unspecified atom stereocenters. The molecule has 0 saturated carbocycles. The molecule has 1 amide bonds. The van der Waals surface area contributed by atoms with Gasteiger partial charge in [0, 0.05) is 10.9 Å². The highest BCUT2D eigenvalue weighted by Gasteiger charge is 2.23. The third-order valence-electron chi connectivity index (χ3n) is 3.84. The summed E-state index contributed by atoms with van der Waals surface area (Å²) >= 11 is 1.20. The van der Waals surface area contributed by atoms with Gasteiger partial charge in [0.15, 0.2) is 0 Å². The molecule has 3 N–H and O–H groups in total. The zero-order valence-corrected chi connectivity index (χ0v) is 13.5. The molecular formula is C16H14FN3O3S. The van der Waals surface area contributed by atoms with E-state index in [-0.39, 0.29) is 17.6 Å². The highest BCUT2D eigenvalue weighted by atomic mass is 32.1. The van der Waals surface area contributed by atoms with E-state index < -0.39 is 23.2 Å². The van der Waals surface area contributed by atoms with Gasteiger partial charge in [0.1, 0.15) is 16.7 Å². The molecule has 6 nitrogen and oxygen atoms in total. The van der Waals surface area contributed by atoms with E-state index in [4.69, 9.17) is 5.73 Å². The molecule has 0 bridgehead atoms. The average Bonchev–Trinajstić information content (AvgIpc) is 2.95. The van der Waals surface area contributed by atoms with Crippen LogP contribution in [0.5, 0.6) is 0 Å². The molecule has 8 heteroatoms. The fraction of sp³-hybridized carbons (Fsp3) is 0.188. The van der Waals surface area contributed by atoms with Crippen LogP contribution in [0.2, 0.25) is 0 Å². The number of carbonyl (C=O) groups is 1. The Labute approximate surface area is 139 Å². The van der Waals surface area contributed by atoms with Gasteiger partial charge in [-0.2, -0.15) is 0 Å². The van der Waals surface area contributed by atoms with Crippen molar-refractivity contribution < 1.29 is 9.18 Å². The van der Waals surface area contributed by atoms with Crippen molar-refractivity contribution in [2.75, 3.05) is 0 Å². The van der Waals surface area contributed by atoms with E-state index >= 15 is 0 Å². The van der Waals surface area contributed by atoms with Crippen molar-refractivity contribution in [1.29, 1.82) is 0 Å². The fourth-order valence-corrected chi connectivity index (χ4v) is 3.62. The molecule has 3 rings (SSSR count). The second-order valence-corrected chi connectivity index (χ2v) is 6.17. The number of carbonyl (C=O) groups excluding carboxylic acids is 1. The lowest BCUT2D eigenvalue weighted by Crippen LogP contribution is -2.42. The zero-order chi connectivity index (χ0) is 17.4. The van der Waals surface area contributed by atoms with Gasteiger partial charge in [-0.25, -0.2) is 13.8 Å². The third kappa shape index (κ3) is 2.54. The Bertz CT molecular complexity index is 1030. The number of hydrogen-bond donors (Lipinski definition) is 2. The van der Waals surface area contributed by atoms with Crippen LogP contribution in [0.25, 0.3) is 21.3 Å². The van der Waals surface area contributed by atoms with Gasteiger partial charge < -0.3 is 5.73 Å². The van der Waals surface area contributed by atoms with E-state index in [1.807, 2.05) is 0 Å². The average molecular weight is 347 g/mol. The molecule has 124 valence electrons. The van der Waals surface area contributed by atoms with Crippen LogP contribution in [0, 0.1) is 5.82 Å². The van der Waals surface area contributed by atoms with Gasteiger partial charge in [-0.05, 0) is 24.1 Å². The number of thiophene rings is 1. The Morgan fingerprint density at radius 3 is 2.58 bits per heavy atom. The number of rotatable bonds is 4. The molecule has 2 aromatic heterocycles. The Balaban J connectivity index is 2.33. The largest absolute Gasteiger partial charge is 0.368 e. The predicted molar refractivity (Wildman–Crippen MR) is 90.6 cm³/mol. The summed E-state index contributed by atoms with van der Waals surface area (Å²) in [7, 11) is 0. The van der Waals surface area contributed by atoms with Crippen molar-refractivity contribution in [2.24, 2.45) is 5.73 Å². The maximum absolute atomic E-state index is 13.1.